The van der Waals surface area contributed by atoms with Crippen molar-refractivity contribution in [1.29, 1.82) is 0 Å². The molecule has 0 radical (unpaired) electrons. The third kappa shape index (κ3) is 5.09. The first kappa shape index (κ1) is 13.7. The van der Waals surface area contributed by atoms with Crippen LogP contribution >= 0.6 is 22.6 Å². The van der Waals surface area contributed by atoms with Crippen molar-refractivity contribution in [3.8, 4) is 0 Å². The Morgan fingerprint density at radius 2 is 2.06 bits per heavy atom. The van der Waals surface area contributed by atoms with E-state index in [4.69, 9.17) is 10.5 Å². The van der Waals surface area contributed by atoms with Crippen LogP contribution in [0.1, 0.15) is 18.4 Å². The second-order valence-electron chi connectivity index (χ2n) is 3.68. The zero-order valence-electron chi connectivity index (χ0n) is 9.58. The number of hydrogen-bond donors (Lipinski definition) is 1. The monoisotopic (exact) mass is 331 g/mol. The summed E-state index contributed by atoms with van der Waals surface area (Å²) in [5.41, 5.74) is 8.04. The molecule has 0 unspecified atom stereocenters. The molecule has 0 fully saturated rings. The number of rotatable bonds is 6. The van der Waals surface area contributed by atoms with Crippen LogP contribution in [0, 0.1) is 3.57 Å². The number of methoxy groups -OCH3 is 1. The number of halogens is 1. The molecule has 0 aromatic heterocycles. The summed E-state index contributed by atoms with van der Waals surface area (Å²) >= 11 is 2.31. The van der Waals surface area contributed by atoms with E-state index in [1.165, 1.54) is 14.7 Å². The van der Waals surface area contributed by atoms with Crippen molar-refractivity contribution in [2.75, 3.05) is 20.3 Å². The number of hydrogen-bond acceptors (Lipinski definition) is 2. The highest BCUT2D eigenvalue weighted by molar-refractivity contribution is 14.1. The molecule has 3 heteroatoms. The van der Waals surface area contributed by atoms with Crippen LogP contribution in [-0.2, 0) is 4.74 Å². The number of ether oxygens (including phenoxy) is 1. The number of benzene rings is 1. The van der Waals surface area contributed by atoms with Crippen molar-refractivity contribution in [3.05, 3.63) is 39.0 Å². The van der Waals surface area contributed by atoms with E-state index in [1.54, 1.807) is 7.11 Å². The Morgan fingerprint density at radius 1 is 1.38 bits per heavy atom. The molecule has 1 rings (SSSR count). The van der Waals surface area contributed by atoms with Gasteiger partial charge in [0.25, 0.3) is 0 Å². The summed E-state index contributed by atoms with van der Waals surface area (Å²) in [6.07, 6.45) is 4.21. The molecule has 2 nitrogen and oxygen atoms in total. The van der Waals surface area contributed by atoms with Crippen LogP contribution in [0.15, 0.2) is 29.8 Å². The second kappa shape index (κ2) is 7.81. The minimum atomic E-state index is 0.686. The largest absolute Gasteiger partial charge is 0.380 e. The fourth-order valence-corrected chi connectivity index (χ4v) is 1.85. The Kier molecular flexibility index (Phi) is 6.68. The Labute approximate surface area is 111 Å². The van der Waals surface area contributed by atoms with Crippen molar-refractivity contribution in [3.63, 3.8) is 0 Å². The minimum absolute atomic E-state index is 0.686. The highest BCUT2D eigenvalue weighted by Gasteiger charge is 1.97. The van der Waals surface area contributed by atoms with E-state index in [9.17, 15) is 0 Å². The van der Waals surface area contributed by atoms with Crippen LogP contribution in [0.3, 0.4) is 0 Å². The van der Waals surface area contributed by atoms with Gasteiger partial charge in [0.05, 0.1) is 6.61 Å². The normalized spacial score (nSPS) is 11.8. The fourth-order valence-electron chi connectivity index (χ4n) is 1.50. The third-order valence-corrected chi connectivity index (χ3v) is 2.99. The summed E-state index contributed by atoms with van der Waals surface area (Å²) in [6.45, 7) is 1.42. The zero-order valence-corrected chi connectivity index (χ0v) is 11.7. The molecule has 0 aliphatic heterocycles. The highest BCUT2D eigenvalue weighted by Crippen LogP contribution is 2.13. The van der Waals surface area contributed by atoms with Crippen molar-refractivity contribution >= 4 is 28.7 Å². The van der Waals surface area contributed by atoms with E-state index in [1.807, 2.05) is 0 Å². The van der Waals surface area contributed by atoms with Crippen molar-refractivity contribution in [2.24, 2.45) is 5.73 Å². The first-order valence-electron chi connectivity index (χ1n) is 5.40. The van der Waals surface area contributed by atoms with Gasteiger partial charge in [0, 0.05) is 10.7 Å². The standard InChI is InChI=1S/C13H18INO/c1-16-10-12(3-2-8-15)9-11-4-6-13(14)7-5-11/h4-7,9H,2-3,8,10,15H2,1H3/b12-9+. The molecule has 0 bridgehead atoms. The van der Waals surface area contributed by atoms with Crippen molar-refractivity contribution in [2.45, 2.75) is 12.8 Å². The van der Waals surface area contributed by atoms with Gasteiger partial charge in [-0.25, -0.2) is 0 Å². The van der Waals surface area contributed by atoms with Gasteiger partial charge in [0.15, 0.2) is 0 Å². The van der Waals surface area contributed by atoms with E-state index in [0.717, 1.165) is 19.4 Å². The summed E-state index contributed by atoms with van der Waals surface area (Å²) in [7, 11) is 1.73. The van der Waals surface area contributed by atoms with Crippen LogP contribution < -0.4 is 5.73 Å². The average Bonchev–Trinajstić information content (AvgIpc) is 2.29. The maximum Gasteiger partial charge on any atom is 0.0676 e. The first-order valence-corrected chi connectivity index (χ1v) is 6.48. The summed E-state index contributed by atoms with van der Waals surface area (Å²) in [5.74, 6) is 0. The lowest BCUT2D eigenvalue weighted by atomic mass is 10.1. The SMILES string of the molecule is COC/C(=C/c1ccc(I)cc1)CCCN. The maximum absolute atomic E-state index is 5.52. The molecule has 0 aliphatic rings. The molecule has 88 valence electrons. The Hall–Kier alpha value is -0.390. The molecule has 0 aliphatic carbocycles. The smallest absolute Gasteiger partial charge is 0.0676 e. The molecule has 0 saturated carbocycles. The van der Waals surface area contributed by atoms with Crippen LogP contribution in [0.25, 0.3) is 6.08 Å². The van der Waals surface area contributed by atoms with Gasteiger partial charge in [-0.2, -0.15) is 0 Å². The lowest BCUT2D eigenvalue weighted by molar-refractivity contribution is 0.223. The Bertz CT molecular complexity index is 332. The highest BCUT2D eigenvalue weighted by atomic mass is 127. The topological polar surface area (TPSA) is 35.2 Å². The summed E-state index contributed by atoms with van der Waals surface area (Å²) < 4.78 is 6.44. The molecule has 2 N–H and O–H groups in total. The molecule has 0 heterocycles. The fraction of sp³-hybridized carbons (Fsp3) is 0.385. The molecular weight excluding hydrogens is 313 g/mol. The quantitative estimate of drug-likeness (QED) is 0.813. The van der Waals surface area contributed by atoms with E-state index < -0.39 is 0 Å². The first-order chi connectivity index (χ1) is 7.76. The molecule has 0 saturated heterocycles. The lowest BCUT2D eigenvalue weighted by Gasteiger charge is -2.06. The second-order valence-corrected chi connectivity index (χ2v) is 4.93. The average molecular weight is 331 g/mol. The summed E-state index contributed by atoms with van der Waals surface area (Å²) in [5, 5.41) is 0. The molecule has 0 spiro atoms. The van der Waals surface area contributed by atoms with Gasteiger partial charge in [0.2, 0.25) is 0 Å². The molecule has 16 heavy (non-hydrogen) atoms. The maximum atomic E-state index is 5.52. The van der Waals surface area contributed by atoms with Gasteiger partial charge in [-0.3, -0.25) is 0 Å². The Morgan fingerprint density at radius 3 is 2.62 bits per heavy atom. The van der Waals surface area contributed by atoms with Crippen LogP contribution in [0.5, 0.6) is 0 Å². The van der Waals surface area contributed by atoms with Gasteiger partial charge in [-0.05, 0) is 65.2 Å². The molecule has 0 atom stereocenters. The van der Waals surface area contributed by atoms with Gasteiger partial charge in [0.1, 0.15) is 0 Å². The van der Waals surface area contributed by atoms with Gasteiger partial charge >= 0.3 is 0 Å². The predicted molar refractivity (Wildman–Crippen MR) is 77.3 cm³/mol. The zero-order chi connectivity index (χ0) is 11.8. The van der Waals surface area contributed by atoms with E-state index in [2.05, 4.69) is 52.9 Å². The van der Waals surface area contributed by atoms with Gasteiger partial charge < -0.3 is 10.5 Å². The summed E-state index contributed by atoms with van der Waals surface area (Å²) in [4.78, 5) is 0. The van der Waals surface area contributed by atoms with E-state index in [-0.39, 0.29) is 0 Å². The molecule has 1 aromatic rings. The number of nitrogens with two attached hydrogens (primary N) is 1. The van der Waals surface area contributed by atoms with Crippen LogP contribution in [-0.4, -0.2) is 20.3 Å². The van der Waals surface area contributed by atoms with Crippen LogP contribution in [0.2, 0.25) is 0 Å². The van der Waals surface area contributed by atoms with Gasteiger partial charge in [-0.1, -0.05) is 18.2 Å². The summed E-state index contributed by atoms with van der Waals surface area (Å²) in [6, 6.07) is 8.47. The lowest BCUT2D eigenvalue weighted by Crippen LogP contribution is -2.01. The third-order valence-electron chi connectivity index (χ3n) is 2.27. The molecule has 1 aromatic carbocycles. The van der Waals surface area contributed by atoms with Crippen LogP contribution in [0.4, 0.5) is 0 Å². The Balaban J connectivity index is 2.71. The molecule has 0 amide bonds. The predicted octanol–water partition coefficient (Wildman–Crippen LogP) is 3.06. The molecular formula is C13H18INO. The van der Waals surface area contributed by atoms with Crippen molar-refractivity contribution < 1.29 is 4.74 Å². The minimum Gasteiger partial charge on any atom is -0.380 e. The van der Waals surface area contributed by atoms with Gasteiger partial charge in [-0.15, -0.1) is 0 Å². The van der Waals surface area contributed by atoms with E-state index >= 15 is 0 Å². The van der Waals surface area contributed by atoms with E-state index in [0.29, 0.717) is 6.61 Å². The van der Waals surface area contributed by atoms with Crippen molar-refractivity contribution in [1.82, 2.24) is 0 Å².